The summed E-state index contributed by atoms with van der Waals surface area (Å²) in [4.78, 5) is 28.8. The number of imidazole rings is 1. The molecule has 1 fully saturated rings. The monoisotopic (exact) mass is 428 g/mol. The normalized spacial score (nSPS) is 13.0. The van der Waals surface area contributed by atoms with Crippen molar-refractivity contribution < 1.29 is 19.4 Å². The van der Waals surface area contributed by atoms with Gasteiger partial charge in [0.25, 0.3) is 5.91 Å². The highest BCUT2D eigenvalue weighted by Crippen LogP contribution is 2.30. The van der Waals surface area contributed by atoms with E-state index in [-0.39, 0.29) is 23.1 Å². The number of anilines is 2. The minimum absolute atomic E-state index is 0.00700. The van der Waals surface area contributed by atoms with E-state index < -0.39 is 5.91 Å². The van der Waals surface area contributed by atoms with E-state index in [0.717, 1.165) is 12.8 Å². The van der Waals surface area contributed by atoms with Gasteiger partial charge in [-0.15, -0.1) is 0 Å². The molecule has 2 aromatic heterocycles. The number of benzene rings is 2. The van der Waals surface area contributed by atoms with Gasteiger partial charge >= 0.3 is 0 Å². The lowest BCUT2D eigenvalue weighted by atomic mass is 10.2. The second-order valence-electron chi connectivity index (χ2n) is 7.62. The van der Waals surface area contributed by atoms with E-state index in [1.165, 1.54) is 6.07 Å². The molecule has 0 bridgehead atoms. The molecule has 0 unspecified atom stereocenters. The van der Waals surface area contributed by atoms with Crippen LogP contribution in [0.15, 0.2) is 73.1 Å². The number of hydrogen-bond donors (Lipinski definition) is 3. The van der Waals surface area contributed by atoms with Crippen molar-refractivity contribution in [3.63, 3.8) is 0 Å². The van der Waals surface area contributed by atoms with Crippen molar-refractivity contribution in [1.82, 2.24) is 9.38 Å². The van der Waals surface area contributed by atoms with Crippen LogP contribution in [0.25, 0.3) is 5.65 Å². The number of phenolic OH excluding ortho intramolecular Hbond substituents is 1. The molecule has 0 spiro atoms. The van der Waals surface area contributed by atoms with Crippen LogP contribution in [0.2, 0.25) is 0 Å². The number of nitrogens with one attached hydrogen (secondary N) is 2. The maximum atomic E-state index is 12.4. The molecule has 0 radical (unpaired) electrons. The zero-order chi connectivity index (χ0) is 22.1. The Hall–Kier alpha value is -4.33. The standard InChI is InChI=1S/C24H20N4O4/c29-20-7-2-1-6-19(20)24(31)25-16-4-3-5-17(12-16)32-18-10-11-22-26-21(14-28(22)13-18)27-23(30)15-8-9-15/h1-7,10-15,29H,8-9H2,(H,25,31)(H,27,30). The van der Waals surface area contributed by atoms with Gasteiger partial charge in [0.2, 0.25) is 5.91 Å². The molecule has 0 atom stereocenters. The minimum Gasteiger partial charge on any atom is -0.507 e. The van der Waals surface area contributed by atoms with Gasteiger partial charge in [-0.25, -0.2) is 4.98 Å². The van der Waals surface area contributed by atoms with Gasteiger partial charge in [0, 0.05) is 17.7 Å². The number of fused-ring (bicyclic) bond motifs is 1. The van der Waals surface area contributed by atoms with E-state index in [9.17, 15) is 14.7 Å². The van der Waals surface area contributed by atoms with Crippen LogP contribution in [0.5, 0.6) is 17.2 Å². The highest BCUT2D eigenvalue weighted by Gasteiger charge is 2.30. The first-order valence-corrected chi connectivity index (χ1v) is 10.2. The third kappa shape index (κ3) is 4.24. The number of phenols is 1. The first kappa shape index (κ1) is 19.6. The third-order valence-corrected chi connectivity index (χ3v) is 5.10. The summed E-state index contributed by atoms with van der Waals surface area (Å²) in [7, 11) is 0. The van der Waals surface area contributed by atoms with Crippen molar-refractivity contribution >= 4 is 29.0 Å². The van der Waals surface area contributed by atoms with E-state index in [4.69, 9.17) is 4.74 Å². The average Bonchev–Trinajstić information content (AvgIpc) is 3.55. The van der Waals surface area contributed by atoms with Gasteiger partial charge in [0.15, 0.2) is 5.82 Å². The van der Waals surface area contributed by atoms with Crippen LogP contribution in [-0.2, 0) is 4.79 Å². The molecular weight excluding hydrogens is 408 g/mol. The minimum atomic E-state index is -0.416. The smallest absolute Gasteiger partial charge is 0.259 e. The molecular formula is C24H20N4O4. The first-order chi connectivity index (χ1) is 15.5. The molecule has 2 amide bonds. The number of pyridine rings is 1. The van der Waals surface area contributed by atoms with E-state index in [0.29, 0.717) is 28.7 Å². The lowest BCUT2D eigenvalue weighted by Gasteiger charge is -2.10. The number of rotatable bonds is 6. The Morgan fingerprint density at radius 2 is 1.81 bits per heavy atom. The summed E-state index contributed by atoms with van der Waals surface area (Å²) in [6, 6.07) is 16.9. The van der Waals surface area contributed by atoms with E-state index >= 15 is 0 Å². The van der Waals surface area contributed by atoms with Crippen molar-refractivity contribution in [3.05, 3.63) is 78.6 Å². The molecule has 4 aromatic rings. The highest BCUT2D eigenvalue weighted by molar-refractivity contribution is 6.06. The molecule has 32 heavy (non-hydrogen) atoms. The summed E-state index contributed by atoms with van der Waals surface area (Å²) in [5.41, 5.74) is 1.41. The maximum absolute atomic E-state index is 12.4. The molecule has 2 heterocycles. The number of ether oxygens (including phenoxy) is 1. The SMILES string of the molecule is O=C(Nc1cccc(Oc2ccc3nc(NC(=O)C4CC4)cn3c2)c1)c1ccccc1O. The highest BCUT2D eigenvalue weighted by atomic mass is 16.5. The summed E-state index contributed by atoms with van der Waals surface area (Å²) < 4.78 is 7.72. The Kier molecular flexibility index (Phi) is 4.95. The lowest BCUT2D eigenvalue weighted by molar-refractivity contribution is -0.117. The van der Waals surface area contributed by atoms with Crippen LogP contribution < -0.4 is 15.4 Å². The first-order valence-electron chi connectivity index (χ1n) is 10.2. The van der Waals surface area contributed by atoms with E-state index in [1.54, 1.807) is 71.4 Å². The molecule has 0 aliphatic heterocycles. The fourth-order valence-electron chi connectivity index (χ4n) is 3.30. The molecule has 1 aliphatic rings. The van der Waals surface area contributed by atoms with Crippen LogP contribution >= 0.6 is 0 Å². The second-order valence-corrected chi connectivity index (χ2v) is 7.62. The lowest BCUT2D eigenvalue weighted by Crippen LogP contribution is -2.13. The largest absolute Gasteiger partial charge is 0.507 e. The molecule has 0 saturated heterocycles. The number of para-hydroxylation sites is 1. The number of carbonyl (C=O) groups is 2. The van der Waals surface area contributed by atoms with Gasteiger partial charge in [-0.1, -0.05) is 18.2 Å². The van der Waals surface area contributed by atoms with E-state index in [2.05, 4.69) is 15.6 Å². The third-order valence-electron chi connectivity index (χ3n) is 5.10. The molecule has 5 rings (SSSR count). The Balaban J connectivity index is 1.30. The fraction of sp³-hybridized carbons (Fsp3) is 0.125. The second kappa shape index (κ2) is 8.07. The number of amides is 2. The molecule has 1 saturated carbocycles. The summed E-state index contributed by atoms with van der Waals surface area (Å²) >= 11 is 0. The Labute approximate surface area is 183 Å². The average molecular weight is 428 g/mol. The summed E-state index contributed by atoms with van der Waals surface area (Å²) in [6.45, 7) is 0. The van der Waals surface area contributed by atoms with Crippen LogP contribution in [0.3, 0.4) is 0 Å². The van der Waals surface area contributed by atoms with Crippen molar-refractivity contribution in [1.29, 1.82) is 0 Å². The van der Waals surface area contributed by atoms with E-state index in [1.807, 2.05) is 0 Å². The van der Waals surface area contributed by atoms with Gasteiger partial charge in [-0.3, -0.25) is 9.59 Å². The predicted molar refractivity (Wildman–Crippen MR) is 119 cm³/mol. The van der Waals surface area contributed by atoms with Crippen LogP contribution in [0.1, 0.15) is 23.2 Å². The number of aromatic hydroxyl groups is 1. The van der Waals surface area contributed by atoms with Crippen molar-refractivity contribution in [3.8, 4) is 17.2 Å². The van der Waals surface area contributed by atoms with Crippen molar-refractivity contribution in [2.75, 3.05) is 10.6 Å². The number of nitrogens with zero attached hydrogens (tertiary/aromatic N) is 2. The zero-order valence-electron chi connectivity index (χ0n) is 17.0. The maximum Gasteiger partial charge on any atom is 0.259 e. The molecule has 8 heteroatoms. The van der Waals surface area contributed by atoms with Gasteiger partial charge in [-0.2, -0.15) is 0 Å². The molecule has 8 nitrogen and oxygen atoms in total. The Bertz CT molecular complexity index is 1330. The fourth-order valence-corrected chi connectivity index (χ4v) is 3.30. The Morgan fingerprint density at radius 1 is 0.969 bits per heavy atom. The quantitative estimate of drug-likeness (QED) is 0.421. The summed E-state index contributed by atoms with van der Waals surface area (Å²) in [5.74, 6) is 1.22. The zero-order valence-corrected chi connectivity index (χ0v) is 17.0. The topological polar surface area (TPSA) is 105 Å². The molecule has 3 N–H and O–H groups in total. The number of aromatic nitrogens is 2. The van der Waals surface area contributed by atoms with Gasteiger partial charge in [0.05, 0.1) is 18.0 Å². The summed E-state index contributed by atoms with van der Waals surface area (Å²) in [6.07, 6.45) is 5.38. The molecule has 2 aromatic carbocycles. The van der Waals surface area contributed by atoms with Gasteiger partial charge in [0.1, 0.15) is 22.9 Å². The predicted octanol–water partition coefficient (Wildman–Crippen LogP) is 4.43. The van der Waals surface area contributed by atoms with Gasteiger partial charge in [-0.05, 0) is 49.2 Å². The van der Waals surface area contributed by atoms with Crippen molar-refractivity contribution in [2.24, 2.45) is 5.92 Å². The number of carbonyl (C=O) groups excluding carboxylic acids is 2. The van der Waals surface area contributed by atoms with Crippen LogP contribution in [0.4, 0.5) is 11.5 Å². The van der Waals surface area contributed by atoms with Gasteiger partial charge < -0.3 is 24.9 Å². The molecule has 1 aliphatic carbocycles. The van der Waals surface area contributed by atoms with Crippen molar-refractivity contribution in [2.45, 2.75) is 12.8 Å². The number of hydrogen-bond acceptors (Lipinski definition) is 5. The molecule has 160 valence electrons. The van der Waals surface area contributed by atoms with Crippen LogP contribution in [0, 0.1) is 5.92 Å². The Morgan fingerprint density at radius 3 is 2.62 bits per heavy atom. The summed E-state index contributed by atoms with van der Waals surface area (Å²) in [5, 5.41) is 15.5. The van der Waals surface area contributed by atoms with Crippen LogP contribution in [-0.4, -0.2) is 26.3 Å².